The van der Waals surface area contributed by atoms with Crippen LogP contribution in [0.5, 0.6) is 0 Å². The van der Waals surface area contributed by atoms with Gasteiger partial charge in [-0.1, -0.05) is 12.1 Å². The predicted molar refractivity (Wildman–Crippen MR) is 64.3 cm³/mol. The molecule has 0 N–H and O–H groups in total. The molecule has 2 rings (SSSR count). The van der Waals surface area contributed by atoms with E-state index in [0.29, 0.717) is 0 Å². The lowest BCUT2D eigenvalue weighted by Gasteiger charge is -2.04. The van der Waals surface area contributed by atoms with Gasteiger partial charge >= 0.3 is 0 Å². The summed E-state index contributed by atoms with van der Waals surface area (Å²) in [6.07, 6.45) is 1.83. The molecule has 0 unspecified atom stereocenters. The highest BCUT2D eigenvalue weighted by Gasteiger charge is 2.00. The summed E-state index contributed by atoms with van der Waals surface area (Å²) in [4.78, 5) is 5.60. The zero-order valence-corrected chi connectivity index (χ0v) is 9.46. The van der Waals surface area contributed by atoms with E-state index in [1.807, 2.05) is 36.2 Å². The van der Waals surface area contributed by atoms with Crippen molar-refractivity contribution in [3.05, 3.63) is 36.5 Å². The van der Waals surface area contributed by atoms with Gasteiger partial charge in [-0.3, -0.25) is 4.98 Å². The fourth-order valence-corrected chi connectivity index (χ4v) is 2.41. The van der Waals surface area contributed by atoms with Gasteiger partial charge < -0.3 is 4.74 Å². The first kappa shape index (κ1) is 10.5. The Morgan fingerprint density at radius 1 is 1.27 bits per heavy atom. The monoisotopic (exact) mass is 219 g/mol. The average Bonchev–Trinajstić information content (AvgIpc) is 2.30. The maximum atomic E-state index is 5.04. The third-order valence-electron chi connectivity index (χ3n) is 2.15. The van der Waals surface area contributed by atoms with E-state index in [1.165, 1.54) is 10.3 Å². The van der Waals surface area contributed by atoms with Gasteiger partial charge in [-0.25, -0.2) is 0 Å². The Hall–Kier alpha value is -1.06. The zero-order valence-electron chi connectivity index (χ0n) is 8.64. The number of benzene rings is 1. The topological polar surface area (TPSA) is 22.1 Å². The minimum absolute atomic E-state index is 0.779. The van der Waals surface area contributed by atoms with Crippen molar-refractivity contribution in [2.24, 2.45) is 0 Å². The van der Waals surface area contributed by atoms with Gasteiger partial charge in [-0.15, -0.1) is 11.8 Å². The average molecular weight is 219 g/mol. The Kier molecular flexibility index (Phi) is 3.59. The van der Waals surface area contributed by atoms with E-state index in [1.54, 1.807) is 7.11 Å². The van der Waals surface area contributed by atoms with Gasteiger partial charge in [0.2, 0.25) is 0 Å². The predicted octanol–water partition coefficient (Wildman–Crippen LogP) is 2.97. The van der Waals surface area contributed by atoms with E-state index in [-0.39, 0.29) is 0 Å². The van der Waals surface area contributed by atoms with E-state index < -0.39 is 0 Å². The molecule has 2 nitrogen and oxygen atoms in total. The molecule has 78 valence electrons. The summed E-state index contributed by atoms with van der Waals surface area (Å²) in [5.41, 5.74) is 1.06. The fraction of sp³-hybridized carbons (Fsp3) is 0.250. The van der Waals surface area contributed by atoms with Crippen LogP contribution in [0.1, 0.15) is 0 Å². The van der Waals surface area contributed by atoms with E-state index in [2.05, 4.69) is 17.1 Å². The van der Waals surface area contributed by atoms with Gasteiger partial charge in [0, 0.05) is 29.3 Å². The molecule has 0 amide bonds. The summed E-state index contributed by atoms with van der Waals surface area (Å²) in [6.45, 7) is 0.779. The number of nitrogens with zero attached hydrogens (tertiary/aromatic N) is 1. The van der Waals surface area contributed by atoms with Crippen molar-refractivity contribution in [2.75, 3.05) is 19.5 Å². The molecule has 0 radical (unpaired) electrons. The van der Waals surface area contributed by atoms with Crippen molar-refractivity contribution < 1.29 is 4.74 Å². The summed E-state index contributed by atoms with van der Waals surface area (Å²) in [6, 6.07) is 10.3. The van der Waals surface area contributed by atoms with Gasteiger partial charge in [-0.05, 0) is 18.2 Å². The third kappa shape index (κ3) is 2.49. The summed E-state index contributed by atoms with van der Waals surface area (Å²) in [5.74, 6) is 0.977. The number of hydrogen-bond donors (Lipinski definition) is 0. The van der Waals surface area contributed by atoms with E-state index in [0.717, 1.165) is 17.9 Å². The lowest BCUT2D eigenvalue weighted by atomic mass is 10.2. The number of hydrogen-bond acceptors (Lipinski definition) is 3. The normalized spacial score (nSPS) is 10.7. The SMILES string of the molecule is COCCSc1cccc2ncccc12. The van der Waals surface area contributed by atoms with Crippen molar-refractivity contribution in [3.63, 3.8) is 0 Å². The smallest absolute Gasteiger partial charge is 0.0713 e. The molecule has 0 saturated heterocycles. The minimum Gasteiger partial charge on any atom is -0.384 e. The Morgan fingerprint density at radius 3 is 3.07 bits per heavy atom. The van der Waals surface area contributed by atoms with Crippen molar-refractivity contribution in [3.8, 4) is 0 Å². The van der Waals surface area contributed by atoms with E-state index in [9.17, 15) is 0 Å². The van der Waals surface area contributed by atoms with Crippen molar-refractivity contribution in [1.29, 1.82) is 0 Å². The van der Waals surface area contributed by atoms with Crippen molar-refractivity contribution >= 4 is 22.7 Å². The van der Waals surface area contributed by atoms with Crippen molar-refractivity contribution in [2.45, 2.75) is 4.90 Å². The molecular formula is C12H13NOS. The van der Waals surface area contributed by atoms with Crippen molar-refractivity contribution in [1.82, 2.24) is 4.98 Å². The van der Waals surface area contributed by atoms with Gasteiger partial charge in [0.1, 0.15) is 0 Å². The Balaban J connectivity index is 2.26. The van der Waals surface area contributed by atoms with Gasteiger partial charge in [0.05, 0.1) is 12.1 Å². The summed E-state index contributed by atoms with van der Waals surface area (Å²) < 4.78 is 5.04. The van der Waals surface area contributed by atoms with Crippen LogP contribution in [0.2, 0.25) is 0 Å². The molecular weight excluding hydrogens is 206 g/mol. The standard InChI is InChI=1S/C12H13NOS/c1-14-8-9-15-12-6-2-5-11-10(12)4-3-7-13-11/h2-7H,8-9H2,1H3. The zero-order chi connectivity index (χ0) is 10.5. The first-order chi connectivity index (χ1) is 7.42. The second-order valence-electron chi connectivity index (χ2n) is 3.17. The third-order valence-corrected chi connectivity index (χ3v) is 3.19. The molecule has 1 aromatic carbocycles. The lowest BCUT2D eigenvalue weighted by Crippen LogP contribution is -1.91. The van der Waals surface area contributed by atoms with Crippen LogP contribution in [0.3, 0.4) is 0 Å². The Morgan fingerprint density at radius 2 is 2.20 bits per heavy atom. The van der Waals surface area contributed by atoms with Crippen LogP contribution < -0.4 is 0 Å². The number of ether oxygens (including phenoxy) is 1. The van der Waals surface area contributed by atoms with Crippen LogP contribution in [0.15, 0.2) is 41.4 Å². The molecule has 0 bridgehead atoms. The van der Waals surface area contributed by atoms with Crippen LogP contribution in [-0.4, -0.2) is 24.5 Å². The molecule has 15 heavy (non-hydrogen) atoms. The summed E-state index contributed by atoms with van der Waals surface area (Å²) in [5, 5.41) is 1.22. The largest absolute Gasteiger partial charge is 0.384 e. The van der Waals surface area contributed by atoms with Gasteiger partial charge in [-0.2, -0.15) is 0 Å². The quantitative estimate of drug-likeness (QED) is 0.583. The maximum absolute atomic E-state index is 5.04. The number of fused-ring (bicyclic) bond motifs is 1. The molecule has 0 fully saturated rings. The molecule has 0 aliphatic carbocycles. The lowest BCUT2D eigenvalue weighted by molar-refractivity contribution is 0.218. The summed E-state index contributed by atoms with van der Waals surface area (Å²) in [7, 11) is 1.73. The van der Waals surface area contributed by atoms with E-state index in [4.69, 9.17) is 4.74 Å². The summed E-state index contributed by atoms with van der Waals surface area (Å²) >= 11 is 1.81. The number of methoxy groups -OCH3 is 1. The van der Waals surface area contributed by atoms with Crippen LogP contribution in [0.4, 0.5) is 0 Å². The minimum atomic E-state index is 0.779. The molecule has 2 aromatic rings. The molecule has 0 aliphatic rings. The van der Waals surface area contributed by atoms with E-state index >= 15 is 0 Å². The highest BCUT2D eigenvalue weighted by molar-refractivity contribution is 7.99. The molecule has 0 aliphatic heterocycles. The number of thioether (sulfide) groups is 1. The Bertz CT molecular complexity index is 439. The molecule has 0 atom stereocenters. The molecule has 3 heteroatoms. The molecule has 0 saturated carbocycles. The number of rotatable bonds is 4. The van der Waals surface area contributed by atoms with Crippen LogP contribution in [-0.2, 0) is 4.74 Å². The highest BCUT2D eigenvalue weighted by atomic mass is 32.2. The first-order valence-electron chi connectivity index (χ1n) is 4.87. The molecule has 1 aromatic heterocycles. The van der Waals surface area contributed by atoms with Crippen LogP contribution in [0, 0.1) is 0 Å². The number of aromatic nitrogens is 1. The van der Waals surface area contributed by atoms with Gasteiger partial charge in [0.25, 0.3) is 0 Å². The Labute approximate surface area is 93.7 Å². The van der Waals surface area contributed by atoms with Crippen LogP contribution in [0.25, 0.3) is 10.9 Å². The van der Waals surface area contributed by atoms with Gasteiger partial charge in [0.15, 0.2) is 0 Å². The second kappa shape index (κ2) is 5.14. The first-order valence-corrected chi connectivity index (χ1v) is 5.86. The second-order valence-corrected chi connectivity index (χ2v) is 4.30. The maximum Gasteiger partial charge on any atom is 0.0713 e. The molecule has 0 spiro atoms. The molecule has 1 heterocycles. The number of pyridine rings is 1. The fourth-order valence-electron chi connectivity index (χ4n) is 1.44. The highest BCUT2D eigenvalue weighted by Crippen LogP contribution is 2.26. The van der Waals surface area contributed by atoms with Crippen LogP contribution >= 0.6 is 11.8 Å².